The summed E-state index contributed by atoms with van der Waals surface area (Å²) in [6, 6.07) is 7.68. The molecule has 0 aliphatic carbocycles. The molecule has 1 aromatic heterocycles. The number of carbonyl (C=O) groups is 1. The Morgan fingerprint density at radius 1 is 1.32 bits per heavy atom. The van der Waals surface area contributed by atoms with Crippen LogP contribution in [0.5, 0.6) is 0 Å². The lowest BCUT2D eigenvalue weighted by atomic mass is 10.3. The van der Waals surface area contributed by atoms with Crippen LogP contribution in [0.2, 0.25) is 0 Å². The molecule has 0 unspecified atom stereocenters. The van der Waals surface area contributed by atoms with Crippen LogP contribution in [0.3, 0.4) is 0 Å². The van der Waals surface area contributed by atoms with E-state index >= 15 is 0 Å². The van der Waals surface area contributed by atoms with Crippen LogP contribution in [0.25, 0.3) is 0 Å². The fraction of sp³-hybridized carbons (Fsp3) is 0.286. The highest BCUT2D eigenvalue weighted by atomic mass is 19.1. The van der Waals surface area contributed by atoms with Gasteiger partial charge < -0.3 is 5.32 Å². The fourth-order valence-electron chi connectivity index (χ4n) is 1.87. The molecule has 2 rings (SSSR count). The van der Waals surface area contributed by atoms with Crippen molar-refractivity contribution < 1.29 is 9.18 Å². The van der Waals surface area contributed by atoms with Crippen LogP contribution in [0.4, 0.5) is 10.1 Å². The third-order valence-corrected chi connectivity index (χ3v) is 2.78. The smallest absolute Gasteiger partial charge is 0.226 e. The van der Waals surface area contributed by atoms with Crippen LogP contribution in [-0.4, -0.2) is 15.7 Å². The van der Waals surface area contributed by atoms with Gasteiger partial charge in [0.25, 0.3) is 0 Å². The molecule has 2 aromatic rings. The van der Waals surface area contributed by atoms with Gasteiger partial charge in [-0.05, 0) is 44.2 Å². The molecule has 5 heteroatoms. The van der Waals surface area contributed by atoms with Crippen molar-refractivity contribution in [2.75, 3.05) is 5.32 Å². The molecule has 1 N–H and O–H groups in total. The zero-order valence-electron chi connectivity index (χ0n) is 11.0. The highest BCUT2D eigenvalue weighted by molar-refractivity contribution is 5.90. The molecule has 0 fully saturated rings. The normalized spacial score (nSPS) is 10.5. The fourth-order valence-corrected chi connectivity index (χ4v) is 1.87. The van der Waals surface area contributed by atoms with Gasteiger partial charge in [-0.1, -0.05) is 0 Å². The Morgan fingerprint density at radius 2 is 2.00 bits per heavy atom. The number of nitrogens with one attached hydrogen (secondary N) is 1. The number of benzene rings is 1. The number of aromatic nitrogens is 2. The first-order valence-corrected chi connectivity index (χ1v) is 6.11. The summed E-state index contributed by atoms with van der Waals surface area (Å²) in [5.74, 6) is -0.431. The molecule has 0 aliphatic heterocycles. The SMILES string of the molecule is Cc1cc(C)n(CCC(=O)Nc2ccc(F)cc2)n1. The van der Waals surface area contributed by atoms with E-state index in [0.29, 0.717) is 18.7 Å². The maximum absolute atomic E-state index is 12.7. The van der Waals surface area contributed by atoms with Crippen LogP contribution in [0.1, 0.15) is 17.8 Å². The molecule has 0 spiro atoms. The van der Waals surface area contributed by atoms with E-state index in [2.05, 4.69) is 10.4 Å². The van der Waals surface area contributed by atoms with Crippen LogP contribution < -0.4 is 5.32 Å². The first-order chi connectivity index (χ1) is 9.04. The maximum atomic E-state index is 12.7. The largest absolute Gasteiger partial charge is 0.326 e. The Balaban J connectivity index is 1.88. The number of rotatable bonds is 4. The second kappa shape index (κ2) is 5.65. The molecule has 0 aliphatic rings. The Bertz CT molecular complexity index is 575. The summed E-state index contributed by atoms with van der Waals surface area (Å²) >= 11 is 0. The van der Waals surface area contributed by atoms with Crippen molar-refractivity contribution in [3.63, 3.8) is 0 Å². The average Bonchev–Trinajstić information content (AvgIpc) is 2.68. The van der Waals surface area contributed by atoms with E-state index in [1.807, 2.05) is 19.9 Å². The standard InChI is InChI=1S/C14H16FN3O/c1-10-9-11(2)18(17-10)8-7-14(19)16-13-5-3-12(15)4-6-13/h3-6,9H,7-8H2,1-2H3,(H,16,19). The van der Waals surface area contributed by atoms with E-state index in [-0.39, 0.29) is 11.7 Å². The molecule has 19 heavy (non-hydrogen) atoms. The van der Waals surface area contributed by atoms with Crippen LogP contribution in [0.15, 0.2) is 30.3 Å². The monoisotopic (exact) mass is 261 g/mol. The third-order valence-electron chi connectivity index (χ3n) is 2.78. The highest BCUT2D eigenvalue weighted by Crippen LogP contribution is 2.09. The molecular weight excluding hydrogens is 245 g/mol. The van der Waals surface area contributed by atoms with E-state index in [9.17, 15) is 9.18 Å². The van der Waals surface area contributed by atoms with Gasteiger partial charge >= 0.3 is 0 Å². The topological polar surface area (TPSA) is 46.9 Å². The highest BCUT2D eigenvalue weighted by Gasteiger charge is 2.05. The molecular formula is C14H16FN3O. The number of nitrogens with zero attached hydrogens (tertiary/aromatic N) is 2. The lowest BCUT2D eigenvalue weighted by molar-refractivity contribution is -0.116. The minimum atomic E-state index is -0.319. The van der Waals surface area contributed by atoms with E-state index in [1.54, 1.807) is 4.68 Å². The third kappa shape index (κ3) is 3.64. The predicted octanol–water partition coefficient (Wildman–Crippen LogP) is 2.67. The number of amides is 1. The zero-order valence-corrected chi connectivity index (χ0v) is 11.0. The summed E-state index contributed by atoms with van der Waals surface area (Å²) in [6.45, 7) is 4.41. The molecule has 0 radical (unpaired) electrons. The average molecular weight is 261 g/mol. The maximum Gasteiger partial charge on any atom is 0.226 e. The molecule has 1 amide bonds. The van der Waals surface area contributed by atoms with Gasteiger partial charge in [-0.3, -0.25) is 9.48 Å². The van der Waals surface area contributed by atoms with Gasteiger partial charge in [0.2, 0.25) is 5.91 Å². The molecule has 100 valence electrons. The van der Waals surface area contributed by atoms with Crippen molar-refractivity contribution in [3.05, 3.63) is 47.5 Å². The molecule has 1 aromatic carbocycles. The summed E-state index contributed by atoms with van der Waals surface area (Å²) in [5.41, 5.74) is 2.57. The number of aryl methyl sites for hydroxylation is 3. The lowest BCUT2D eigenvalue weighted by Crippen LogP contribution is -2.15. The zero-order chi connectivity index (χ0) is 13.8. The molecule has 0 bridgehead atoms. The molecule has 0 atom stereocenters. The number of carbonyl (C=O) groups excluding carboxylic acids is 1. The van der Waals surface area contributed by atoms with Gasteiger partial charge in [-0.25, -0.2) is 4.39 Å². The first kappa shape index (κ1) is 13.3. The summed E-state index contributed by atoms with van der Waals surface area (Å²) in [6.07, 6.45) is 0.333. The number of hydrogen-bond acceptors (Lipinski definition) is 2. The Kier molecular flexibility index (Phi) is 3.94. The first-order valence-electron chi connectivity index (χ1n) is 6.11. The summed E-state index contributed by atoms with van der Waals surface area (Å²) in [4.78, 5) is 11.7. The van der Waals surface area contributed by atoms with Crippen LogP contribution in [-0.2, 0) is 11.3 Å². The summed E-state index contributed by atoms with van der Waals surface area (Å²) in [7, 11) is 0. The van der Waals surface area contributed by atoms with E-state index in [0.717, 1.165) is 11.4 Å². The Labute approximate surface area is 111 Å². The number of halogens is 1. The Morgan fingerprint density at radius 3 is 2.58 bits per heavy atom. The van der Waals surface area contributed by atoms with Crippen molar-refractivity contribution in [3.8, 4) is 0 Å². The Hall–Kier alpha value is -2.17. The lowest BCUT2D eigenvalue weighted by Gasteiger charge is -2.06. The van der Waals surface area contributed by atoms with Gasteiger partial charge in [0.1, 0.15) is 5.82 Å². The molecule has 4 nitrogen and oxygen atoms in total. The van der Waals surface area contributed by atoms with Crippen molar-refractivity contribution >= 4 is 11.6 Å². The van der Waals surface area contributed by atoms with Gasteiger partial charge in [0, 0.05) is 24.3 Å². The second-order valence-corrected chi connectivity index (χ2v) is 4.46. The van der Waals surface area contributed by atoms with Crippen LogP contribution in [0, 0.1) is 19.7 Å². The molecule has 0 saturated heterocycles. The van der Waals surface area contributed by atoms with E-state index in [1.165, 1.54) is 24.3 Å². The molecule has 0 saturated carbocycles. The van der Waals surface area contributed by atoms with Crippen molar-refractivity contribution in [2.45, 2.75) is 26.8 Å². The number of anilines is 1. The van der Waals surface area contributed by atoms with Gasteiger partial charge in [-0.2, -0.15) is 5.10 Å². The van der Waals surface area contributed by atoms with Crippen molar-refractivity contribution in [1.82, 2.24) is 9.78 Å². The molecule has 1 heterocycles. The minimum absolute atomic E-state index is 0.112. The number of hydrogen-bond donors (Lipinski definition) is 1. The quantitative estimate of drug-likeness (QED) is 0.919. The summed E-state index contributed by atoms with van der Waals surface area (Å²) in [5, 5.41) is 7.01. The second-order valence-electron chi connectivity index (χ2n) is 4.46. The van der Waals surface area contributed by atoms with E-state index < -0.39 is 0 Å². The van der Waals surface area contributed by atoms with E-state index in [4.69, 9.17) is 0 Å². The van der Waals surface area contributed by atoms with Gasteiger partial charge in [0.15, 0.2) is 0 Å². The van der Waals surface area contributed by atoms with Gasteiger partial charge in [-0.15, -0.1) is 0 Å². The summed E-state index contributed by atoms with van der Waals surface area (Å²) < 4.78 is 14.5. The minimum Gasteiger partial charge on any atom is -0.326 e. The predicted molar refractivity (Wildman–Crippen MR) is 71.3 cm³/mol. The van der Waals surface area contributed by atoms with Gasteiger partial charge in [0.05, 0.1) is 5.69 Å². The van der Waals surface area contributed by atoms with Crippen molar-refractivity contribution in [2.24, 2.45) is 0 Å². The van der Waals surface area contributed by atoms with Crippen molar-refractivity contribution in [1.29, 1.82) is 0 Å². The van der Waals surface area contributed by atoms with Crippen LogP contribution >= 0.6 is 0 Å².